The van der Waals surface area contributed by atoms with Crippen LogP contribution in [0.2, 0.25) is 0 Å². The number of aliphatic hydroxyl groups is 1. The van der Waals surface area contributed by atoms with Gasteiger partial charge in [0.2, 0.25) is 12.7 Å². The average Bonchev–Trinajstić information content (AvgIpc) is 3.46. The van der Waals surface area contributed by atoms with E-state index < -0.39 is 11.2 Å². The lowest BCUT2D eigenvalue weighted by Gasteiger charge is -2.17. The molecule has 6 heteroatoms. The van der Waals surface area contributed by atoms with E-state index in [1.807, 2.05) is 36.4 Å². The van der Waals surface area contributed by atoms with Crippen molar-refractivity contribution in [1.82, 2.24) is 0 Å². The van der Waals surface area contributed by atoms with Crippen LogP contribution in [0.1, 0.15) is 24.0 Å². The molecule has 0 aromatic heterocycles. The van der Waals surface area contributed by atoms with Crippen molar-refractivity contribution in [3.05, 3.63) is 77.6 Å². The lowest BCUT2D eigenvalue weighted by atomic mass is 9.94. The molecule has 2 aliphatic rings. The number of nitrogens with one attached hydrogen (secondary N) is 1. The van der Waals surface area contributed by atoms with Gasteiger partial charge in [-0.2, -0.15) is 0 Å². The lowest BCUT2D eigenvalue weighted by Crippen LogP contribution is -2.28. The highest BCUT2D eigenvalue weighted by Gasteiger charge is 2.51. The fraction of sp³-hybridized carbons (Fsp3) is 0.208. The molecular weight excluding hydrogens is 385 g/mol. The number of rotatable bonds is 5. The molecule has 0 bridgehead atoms. The first-order valence-electron chi connectivity index (χ1n) is 9.80. The molecule has 5 rings (SSSR count). The summed E-state index contributed by atoms with van der Waals surface area (Å²) < 4.78 is 25.3. The molecule has 3 aromatic rings. The second kappa shape index (κ2) is 7.15. The van der Waals surface area contributed by atoms with Crippen molar-refractivity contribution in [3.8, 4) is 22.6 Å². The third-order valence-electron chi connectivity index (χ3n) is 5.77. The Morgan fingerprint density at radius 2 is 1.80 bits per heavy atom. The number of amides is 1. The lowest BCUT2D eigenvalue weighted by molar-refractivity contribution is -0.118. The summed E-state index contributed by atoms with van der Waals surface area (Å²) in [6.45, 7) is 0.101. The minimum Gasteiger partial charge on any atom is -0.454 e. The molecule has 1 amide bonds. The molecule has 2 N–H and O–H groups in total. The first-order valence-corrected chi connectivity index (χ1v) is 9.80. The van der Waals surface area contributed by atoms with Crippen molar-refractivity contribution < 1.29 is 23.8 Å². The highest BCUT2D eigenvalue weighted by atomic mass is 19.1. The van der Waals surface area contributed by atoms with Crippen molar-refractivity contribution in [3.63, 3.8) is 0 Å². The summed E-state index contributed by atoms with van der Waals surface area (Å²) in [5, 5.41) is 12.1. The van der Waals surface area contributed by atoms with Crippen LogP contribution in [-0.4, -0.2) is 17.8 Å². The van der Waals surface area contributed by atoms with Crippen LogP contribution in [0.3, 0.4) is 0 Å². The van der Waals surface area contributed by atoms with Gasteiger partial charge in [0.1, 0.15) is 5.82 Å². The number of ether oxygens (including phenoxy) is 2. The number of hydrogen-bond donors (Lipinski definition) is 2. The highest BCUT2D eigenvalue weighted by molar-refractivity contribution is 6.02. The number of carbonyl (C=O) groups is 1. The van der Waals surface area contributed by atoms with Gasteiger partial charge in [-0.3, -0.25) is 4.79 Å². The quantitative estimate of drug-likeness (QED) is 0.661. The zero-order valence-corrected chi connectivity index (χ0v) is 16.2. The summed E-state index contributed by atoms with van der Waals surface area (Å²) in [6.07, 6.45) is 1.39. The molecule has 3 aromatic carbocycles. The Morgan fingerprint density at radius 3 is 2.60 bits per heavy atom. The predicted octanol–water partition coefficient (Wildman–Crippen LogP) is 4.38. The normalized spacial score (nSPS) is 15.7. The van der Waals surface area contributed by atoms with Crippen LogP contribution in [0.5, 0.6) is 11.5 Å². The molecule has 0 atom stereocenters. The average molecular weight is 405 g/mol. The van der Waals surface area contributed by atoms with Crippen LogP contribution < -0.4 is 14.8 Å². The van der Waals surface area contributed by atoms with Crippen molar-refractivity contribution in [2.24, 2.45) is 0 Å². The van der Waals surface area contributed by atoms with Crippen molar-refractivity contribution in [2.75, 3.05) is 12.1 Å². The van der Waals surface area contributed by atoms with Crippen molar-refractivity contribution in [1.29, 1.82) is 0 Å². The maximum Gasteiger partial charge on any atom is 0.235 e. The van der Waals surface area contributed by atoms with Gasteiger partial charge in [-0.05, 0) is 65.4 Å². The number of aliphatic hydroxyl groups excluding tert-OH is 1. The summed E-state index contributed by atoms with van der Waals surface area (Å²) in [7, 11) is 0. The number of benzene rings is 3. The maximum absolute atomic E-state index is 14.5. The Hall–Kier alpha value is -3.38. The van der Waals surface area contributed by atoms with Gasteiger partial charge in [-0.15, -0.1) is 0 Å². The Kier molecular flexibility index (Phi) is 4.44. The predicted molar refractivity (Wildman–Crippen MR) is 110 cm³/mol. The van der Waals surface area contributed by atoms with E-state index in [1.54, 1.807) is 18.2 Å². The van der Waals surface area contributed by atoms with Gasteiger partial charge in [-0.25, -0.2) is 4.39 Å². The number of hydrogen-bond acceptors (Lipinski definition) is 4. The van der Waals surface area contributed by atoms with Gasteiger partial charge < -0.3 is 19.9 Å². The van der Waals surface area contributed by atoms with Gasteiger partial charge >= 0.3 is 0 Å². The second-order valence-corrected chi connectivity index (χ2v) is 7.66. The molecule has 152 valence electrons. The summed E-state index contributed by atoms with van der Waals surface area (Å²) in [5.41, 5.74) is 2.67. The molecule has 1 aliphatic carbocycles. The Morgan fingerprint density at radius 1 is 1.00 bits per heavy atom. The van der Waals surface area contributed by atoms with E-state index in [0.717, 1.165) is 22.3 Å². The second-order valence-electron chi connectivity index (χ2n) is 7.66. The zero-order valence-electron chi connectivity index (χ0n) is 16.2. The SMILES string of the molecule is O=C(Nc1cc(-c2cccc(CO)c2)ccc1F)C1(c2ccc3c(c2)OCO3)CC1. The van der Waals surface area contributed by atoms with Crippen LogP contribution in [0.25, 0.3) is 11.1 Å². The number of carbonyl (C=O) groups excluding carboxylic acids is 1. The van der Waals surface area contributed by atoms with Crippen molar-refractivity contribution >= 4 is 11.6 Å². The van der Waals surface area contributed by atoms with E-state index >= 15 is 0 Å². The minimum atomic E-state index is -0.680. The Labute approximate surface area is 173 Å². The molecular formula is C24H20FNO4. The summed E-state index contributed by atoms with van der Waals surface area (Å²) >= 11 is 0. The first kappa shape index (κ1) is 18.6. The molecule has 1 heterocycles. The van der Waals surface area contributed by atoms with Crippen LogP contribution >= 0.6 is 0 Å². The van der Waals surface area contributed by atoms with Crippen LogP contribution in [-0.2, 0) is 16.8 Å². The van der Waals surface area contributed by atoms with Crippen LogP contribution in [0, 0.1) is 5.82 Å². The molecule has 5 nitrogen and oxygen atoms in total. The highest BCUT2D eigenvalue weighted by Crippen LogP contribution is 2.51. The molecule has 1 saturated carbocycles. The van der Waals surface area contributed by atoms with Crippen LogP contribution in [0.15, 0.2) is 60.7 Å². The van der Waals surface area contributed by atoms with Gasteiger partial charge in [0.05, 0.1) is 17.7 Å². The summed E-state index contributed by atoms with van der Waals surface area (Å²) in [4.78, 5) is 13.1. The minimum absolute atomic E-state index is 0.0727. The first-order chi connectivity index (χ1) is 14.6. The zero-order chi connectivity index (χ0) is 20.7. The van der Waals surface area contributed by atoms with Crippen molar-refractivity contribution in [2.45, 2.75) is 24.9 Å². The number of fused-ring (bicyclic) bond motifs is 1. The third kappa shape index (κ3) is 3.19. The summed E-state index contributed by atoms with van der Waals surface area (Å²) in [6, 6.07) is 17.5. The summed E-state index contributed by atoms with van der Waals surface area (Å²) in [5.74, 6) is 0.566. The van der Waals surface area contributed by atoms with E-state index in [1.165, 1.54) is 6.07 Å². The van der Waals surface area contributed by atoms with E-state index in [9.17, 15) is 14.3 Å². The Bertz CT molecular complexity index is 1140. The fourth-order valence-electron chi connectivity index (χ4n) is 3.86. The molecule has 0 saturated heterocycles. The van der Waals surface area contributed by atoms with Crippen LogP contribution in [0.4, 0.5) is 10.1 Å². The molecule has 1 fully saturated rings. The maximum atomic E-state index is 14.5. The van der Waals surface area contributed by atoms with E-state index in [-0.39, 0.29) is 25.0 Å². The third-order valence-corrected chi connectivity index (χ3v) is 5.77. The molecule has 30 heavy (non-hydrogen) atoms. The largest absolute Gasteiger partial charge is 0.454 e. The van der Waals surface area contributed by atoms with Gasteiger partial charge in [0, 0.05) is 0 Å². The number of halogens is 1. The Balaban J connectivity index is 1.42. The van der Waals surface area contributed by atoms with E-state index in [4.69, 9.17) is 9.47 Å². The number of anilines is 1. The topological polar surface area (TPSA) is 67.8 Å². The fourth-order valence-corrected chi connectivity index (χ4v) is 3.86. The smallest absolute Gasteiger partial charge is 0.235 e. The molecule has 0 spiro atoms. The van der Waals surface area contributed by atoms with Gasteiger partial charge in [-0.1, -0.05) is 30.3 Å². The van der Waals surface area contributed by atoms with Gasteiger partial charge in [0.25, 0.3) is 0 Å². The van der Waals surface area contributed by atoms with E-state index in [0.29, 0.717) is 24.3 Å². The monoisotopic (exact) mass is 405 g/mol. The van der Waals surface area contributed by atoms with Gasteiger partial charge in [0.15, 0.2) is 11.5 Å². The standard InChI is InChI=1S/C24H20FNO4/c25-19-6-4-17(16-3-1-2-15(10-16)13-27)11-20(19)26-23(28)24(8-9-24)18-5-7-21-22(12-18)30-14-29-21/h1-7,10-12,27H,8-9,13-14H2,(H,26,28). The molecule has 0 radical (unpaired) electrons. The van der Waals surface area contributed by atoms with E-state index in [2.05, 4.69) is 5.32 Å². The molecule has 0 unspecified atom stereocenters. The molecule has 1 aliphatic heterocycles.